The summed E-state index contributed by atoms with van der Waals surface area (Å²) < 4.78 is 2.93. The Balaban J connectivity index is 1.99. The zero-order valence-corrected chi connectivity index (χ0v) is 12.5. The molecule has 0 aromatic carbocycles. The molecule has 0 radical (unpaired) electrons. The number of hydrogen-bond donors (Lipinski definition) is 2. The van der Waals surface area contributed by atoms with Crippen molar-refractivity contribution in [3.8, 4) is 0 Å². The molecule has 1 saturated heterocycles. The van der Waals surface area contributed by atoms with E-state index in [0.29, 0.717) is 12.6 Å². The third kappa shape index (κ3) is 3.14. The van der Waals surface area contributed by atoms with Crippen molar-refractivity contribution in [1.29, 1.82) is 0 Å². The second kappa shape index (κ2) is 5.89. The van der Waals surface area contributed by atoms with E-state index in [0.717, 1.165) is 23.1 Å². The Morgan fingerprint density at radius 2 is 2.44 bits per heavy atom. The number of halogens is 1. The molecule has 1 aromatic rings. The third-order valence-corrected chi connectivity index (χ3v) is 3.71. The minimum absolute atomic E-state index is 0.00287. The maximum atomic E-state index is 12.2. The molecule has 18 heavy (non-hydrogen) atoms. The standard InChI is InChI=1S/C13H20BrN3O/c1-9(2)17-8-10(14)6-12(17)13(18)16-7-11-4-3-5-15-11/h6,8-9,11,15H,3-5,7H2,1-2H3,(H,16,18). The Hall–Kier alpha value is -0.810. The van der Waals surface area contributed by atoms with Crippen LogP contribution in [-0.2, 0) is 0 Å². The summed E-state index contributed by atoms with van der Waals surface area (Å²) in [5, 5.41) is 6.38. The van der Waals surface area contributed by atoms with Gasteiger partial charge in [0.2, 0.25) is 0 Å². The molecule has 0 bridgehead atoms. The van der Waals surface area contributed by atoms with Gasteiger partial charge in [0.25, 0.3) is 5.91 Å². The smallest absolute Gasteiger partial charge is 0.268 e. The van der Waals surface area contributed by atoms with Gasteiger partial charge in [-0.2, -0.15) is 0 Å². The maximum Gasteiger partial charge on any atom is 0.268 e. The minimum Gasteiger partial charge on any atom is -0.349 e. The molecule has 1 amide bonds. The summed E-state index contributed by atoms with van der Waals surface area (Å²) in [6.45, 7) is 5.91. The van der Waals surface area contributed by atoms with Gasteiger partial charge in [-0.15, -0.1) is 0 Å². The number of nitrogens with zero attached hydrogens (tertiary/aromatic N) is 1. The SMILES string of the molecule is CC(C)n1cc(Br)cc1C(=O)NCC1CCCN1. The molecule has 1 atom stereocenters. The second-order valence-electron chi connectivity index (χ2n) is 5.05. The summed E-state index contributed by atoms with van der Waals surface area (Å²) in [7, 11) is 0. The van der Waals surface area contributed by atoms with Gasteiger partial charge in [0.1, 0.15) is 5.69 Å². The summed E-state index contributed by atoms with van der Waals surface area (Å²) in [5.74, 6) is 0.00287. The van der Waals surface area contributed by atoms with Gasteiger partial charge in [-0.1, -0.05) is 0 Å². The lowest BCUT2D eigenvalue weighted by Gasteiger charge is -2.14. The molecule has 0 aliphatic carbocycles. The molecule has 2 heterocycles. The van der Waals surface area contributed by atoms with Crippen LogP contribution in [0.2, 0.25) is 0 Å². The zero-order chi connectivity index (χ0) is 13.1. The number of amides is 1. The van der Waals surface area contributed by atoms with Crippen LogP contribution in [0.1, 0.15) is 43.2 Å². The first-order valence-electron chi connectivity index (χ1n) is 6.47. The van der Waals surface area contributed by atoms with Crippen molar-refractivity contribution in [2.75, 3.05) is 13.1 Å². The number of carbonyl (C=O) groups excluding carboxylic acids is 1. The Labute approximate surface area is 116 Å². The molecule has 1 fully saturated rings. The molecule has 1 aliphatic rings. The van der Waals surface area contributed by atoms with E-state index < -0.39 is 0 Å². The van der Waals surface area contributed by atoms with E-state index in [1.165, 1.54) is 6.42 Å². The summed E-state index contributed by atoms with van der Waals surface area (Å²) in [6.07, 6.45) is 4.30. The van der Waals surface area contributed by atoms with E-state index in [-0.39, 0.29) is 11.9 Å². The highest BCUT2D eigenvalue weighted by Gasteiger charge is 2.18. The Morgan fingerprint density at radius 3 is 3.06 bits per heavy atom. The Morgan fingerprint density at radius 1 is 1.67 bits per heavy atom. The summed E-state index contributed by atoms with van der Waals surface area (Å²) >= 11 is 3.42. The van der Waals surface area contributed by atoms with Gasteiger partial charge < -0.3 is 15.2 Å². The monoisotopic (exact) mass is 313 g/mol. The molecule has 1 aliphatic heterocycles. The van der Waals surface area contributed by atoms with E-state index >= 15 is 0 Å². The fourth-order valence-electron chi connectivity index (χ4n) is 2.29. The molecule has 100 valence electrons. The average molecular weight is 314 g/mol. The second-order valence-corrected chi connectivity index (χ2v) is 5.96. The largest absolute Gasteiger partial charge is 0.349 e. The normalized spacial score (nSPS) is 19.4. The Bertz CT molecular complexity index is 422. The fourth-order valence-corrected chi connectivity index (χ4v) is 2.73. The van der Waals surface area contributed by atoms with Gasteiger partial charge in [-0.3, -0.25) is 4.79 Å². The van der Waals surface area contributed by atoms with Crippen LogP contribution in [0.25, 0.3) is 0 Å². The van der Waals surface area contributed by atoms with Crippen LogP contribution in [0.3, 0.4) is 0 Å². The summed E-state index contributed by atoms with van der Waals surface area (Å²) in [5.41, 5.74) is 0.717. The molecule has 2 N–H and O–H groups in total. The van der Waals surface area contributed by atoms with Gasteiger partial charge in [-0.05, 0) is 55.2 Å². The first-order valence-corrected chi connectivity index (χ1v) is 7.26. The van der Waals surface area contributed by atoms with Crippen molar-refractivity contribution in [3.63, 3.8) is 0 Å². The quantitative estimate of drug-likeness (QED) is 0.896. The van der Waals surface area contributed by atoms with Crippen LogP contribution in [0, 0.1) is 0 Å². The van der Waals surface area contributed by atoms with Crippen molar-refractivity contribution in [2.24, 2.45) is 0 Å². The molecule has 5 heteroatoms. The molecule has 1 aromatic heterocycles. The van der Waals surface area contributed by atoms with Crippen molar-refractivity contribution in [2.45, 2.75) is 38.8 Å². The lowest BCUT2D eigenvalue weighted by molar-refractivity contribution is 0.0939. The van der Waals surface area contributed by atoms with Crippen molar-refractivity contribution < 1.29 is 4.79 Å². The first-order chi connectivity index (χ1) is 8.58. The molecule has 1 unspecified atom stereocenters. The molecule has 4 nitrogen and oxygen atoms in total. The highest BCUT2D eigenvalue weighted by atomic mass is 79.9. The molecule has 2 rings (SSSR count). The van der Waals surface area contributed by atoms with Crippen LogP contribution >= 0.6 is 15.9 Å². The van der Waals surface area contributed by atoms with Crippen LogP contribution in [0.15, 0.2) is 16.7 Å². The highest BCUT2D eigenvalue weighted by molar-refractivity contribution is 9.10. The zero-order valence-electron chi connectivity index (χ0n) is 10.9. The summed E-state index contributed by atoms with van der Waals surface area (Å²) in [4.78, 5) is 12.2. The average Bonchev–Trinajstić information content (AvgIpc) is 2.94. The first kappa shape index (κ1) is 13.6. The number of rotatable bonds is 4. The third-order valence-electron chi connectivity index (χ3n) is 3.28. The van der Waals surface area contributed by atoms with E-state index in [1.807, 2.05) is 16.8 Å². The topological polar surface area (TPSA) is 46.1 Å². The molecular weight excluding hydrogens is 294 g/mol. The summed E-state index contributed by atoms with van der Waals surface area (Å²) in [6, 6.07) is 2.58. The van der Waals surface area contributed by atoms with Gasteiger partial charge in [0.15, 0.2) is 0 Å². The van der Waals surface area contributed by atoms with Crippen LogP contribution in [0.5, 0.6) is 0 Å². The number of nitrogens with one attached hydrogen (secondary N) is 2. The molecule has 0 saturated carbocycles. The van der Waals surface area contributed by atoms with E-state index in [9.17, 15) is 4.79 Å². The van der Waals surface area contributed by atoms with E-state index in [2.05, 4.69) is 40.4 Å². The minimum atomic E-state index is 0.00287. The van der Waals surface area contributed by atoms with Gasteiger partial charge in [0, 0.05) is 29.3 Å². The van der Waals surface area contributed by atoms with Crippen LogP contribution in [-0.4, -0.2) is 29.6 Å². The van der Waals surface area contributed by atoms with Crippen LogP contribution in [0.4, 0.5) is 0 Å². The van der Waals surface area contributed by atoms with Gasteiger partial charge in [-0.25, -0.2) is 0 Å². The number of aromatic nitrogens is 1. The van der Waals surface area contributed by atoms with Gasteiger partial charge >= 0.3 is 0 Å². The van der Waals surface area contributed by atoms with Gasteiger partial charge in [0.05, 0.1) is 0 Å². The van der Waals surface area contributed by atoms with Crippen molar-refractivity contribution >= 4 is 21.8 Å². The van der Waals surface area contributed by atoms with E-state index in [1.54, 1.807) is 0 Å². The van der Waals surface area contributed by atoms with Crippen LogP contribution < -0.4 is 10.6 Å². The number of hydrogen-bond acceptors (Lipinski definition) is 2. The van der Waals surface area contributed by atoms with Crippen molar-refractivity contribution in [3.05, 3.63) is 22.4 Å². The van der Waals surface area contributed by atoms with E-state index in [4.69, 9.17) is 0 Å². The Kier molecular flexibility index (Phi) is 4.45. The lowest BCUT2D eigenvalue weighted by atomic mass is 10.2. The fraction of sp³-hybridized carbons (Fsp3) is 0.615. The number of carbonyl (C=O) groups is 1. The van der Waals surface area contributed by atoms with Crippen molar-refractivity contribution in [1.82, 2.24) is 15.2 Å². The lowest BCUT2D eigenvalue weighted by Crippen LogP contribution is -2.37. The maximum absolute atomic E-state index is 12.2. The highest BCUT2D eigenvalue weighted by Crippen LogP contribution is 2.19. The molecule has 0 spiro atoms. The predicted molar refractivity (Wildman–Crippen MR) is 75.9 cm³/mol. The molecular formula is C13H20BrN3O. The predicted octanol–water partition coefficient (Wildman–Crippen LogP) is 2.31.